The second kappa shape index (κ2) is 7.15. The topological polar surface area (TPSA) is 96.3 Å². The van der Waals surface area contributed by atoms with Gasteiger partial charge in [0.25, 0.3) is 0 Å². The van der Waals surface area contributed by atoms with Crippen LogP contribution in [0.4, 0.5) is 0 Å². The van der Waals surface area contributed by atoms with Crippen LogP contribution >= 0.6 is 0 Å². The van der Waals surface area contributed by atoms with Crippen molar-refractivity contribution in [2.24, 2.45) is 5.92 Å². The Labute approximate surface area is 136 Å². The van der Waals surface area contributed by atoms with Crippen molar-refractivity contribution in [3.63, 3.8) is 0 Å². The zero-order valence-electron chi connectivity index (χ0n) is 14.0. The number of carbonyl (C=O) groups excluding carboxylic acids is 1. The van der Waals surface area contributed by atoms with E-state index >= 15 is 0 Å². The molecular formula is C16H27NO6. The molecule has 132 valence electrons. The van der Waals surface area contributed by atoms with Gasteiger partial charge < -0.3 is 24.6 Å². The van der Waals surface area contributed by atoms with E-state index < -0.39 is 17.8 Å². The maximum atomic E-state index is 12.6. The molecule has 0 aliphatic carbocycles. The lowest BCUT2D eigenvalue weighted by Gasteiger charge is -2.45. The van der Waals surface area contributed by atoms with Crippen molar-refractivity contribution < 1.29 is 29.3 Å². The number of rotatable bonds is 4. The van der Waals surface area contributed by atoms with Gasteiger partial charge in [0.1, 0.15) is 6.04 Å². The van der Waals surface area contributed by atoms with E-state index in [-0.39, 0.29) is 30.5 Å². The molecule has 2 N–H and O–H groups in total. The molecule has 0 radical (unpaired) electrons. The third-order valence-electron chi connectivity index (χ3n) is 5.08. The molecule has 2 rings (SSSR count). The van der Waals surface area contributed by atoms with Gasteiger partial charge in [0.05, 0.1) is 18.6 Å². The minimum atomic E-state index is -1.58. The summed E-state index contributed by atoms with van der Waals surface area (Å²) in [5.41, 5.74) is 0. The molecule has 2 saturated heterocycles. The number of amides is 1. The summed E-state index contributed by atoms with van der Waals surface area (Å²) in [6.07, 6.45) is 1.95. The summed E-state index contributed by atoms with van der Waals surface area (Å²) < 4.78 is 11.0. The van der Waals surface area contributed by atoms with E-state index in [0.717, 1.165) is 12.8 Å². The van der Waals surface area contributed by atoms with E-state index in [1.807, 2.05) is 6.92 Å². The Hall–Kier alpha value is -1.18. The Kier molecular flexibility index (Phi) is 5.65. The minimum Gasteiger partial charge on any atom is -0.480 e. The molecule has 2 heterocycles. The molecule has 1 amide bonds. The average molecular weight is 329 g/mol. The van der Waals surface area contributed by atoms with Crippen molar-refractivity contribution in [3.05, 3.63) is 0 Å². The van der Waals surface area contributed by atoms with Gasteiger partial charge in [-0.25, -0.2) is 4.79 Å². The smallest absolute Gasteiger partial charge is 0.326 e. The van der Waals surface area contributed by atoms with E-state index in [9.17, 15) is 19.8 Å². The van der Waals surface area contributed by atoms with Crippen LogP contribution < -0.4 is 0 Å². The molecule has 1 unspecified atom stereocenters. The average Bonchev–Trinajstić information content (AvgIpc) is 2.50. The van der Waals surface area contributed by atoms with Crippen LogP contribution in [0.2, 0.25) is 0 Å². The fourth-order valence-corrected chi connectivity index (χ4v) is 3.55. The van der Waals surface area contributed by atoms with Gasteiger partial charge in [0.15, 0.2) is 5.79 Å². The van der Waals surface area contributed by atoms with Crippen LogP contribution in [-0.4, -0.2) is 64.7 Å². The fourth-order valence-electron chi connectivity index (χ4n) is 3.55. The number of piperidine rings is 1. The second-order valence-corrected chi connectivity index (χ2v) is 6.69. The van der Waals surface area contributed by atoms with Crippen LogP contribution in [0, 0.1) is 5.92 Å². The molecule has 23 heavy (non-hydrogen) atoms. The number of carboxylic acid groups (broad SMARTS) is 1. The van der Waals surface area contributed by atoms with Gasteiger partial charge >= 0.3 is 5.97 Å². The number of carbonyl (C=O) groups is 2. The van der Waals surface area contributed by atoms with Crippen LogP contribution in [0.25, 0.3) is 0 Å². The highest BCUT2D eigenvalue weighted by molar-refractivity contribution is 5.84. The van der Waals surface area contributed by atoms with Crippen LogP contribution in [-0.2, 0) is 19.1 Å². The molecular weight excluding hydrogens is 302 g/mol. The number of aliphatic carboxylic acids is 1. The molecule has 7 nitrogen and oxygen atoms in total. The first-order valence-corrected chi connectivity index (χ1v) is 8.23. The Morgan fingerprint density at radius 3 is 2.65 bits per heavy atom. The maximum Gasteiger partial charge on any atom is 0.326 e. The van der Waals surface area contributed by atoms with Crippen LogP contribution in [0.5, 0.6) is 0 Å². The number of hydrogen-bond acceptors (Lipinski definition) is 5. The Bertz CT molecular complexity index is 456. The van der Waals surface area contributed by atoms with E-state index in [4.69, 9.17) is 9.47 Å². The summed E-state index contributed by atoms with van der Waals surface area (Å²) in [6, 6.07) is -0.803. The lowest BCUT2D eigenvalue weighted by molar-refractivity contribution is -0.300. The monoisotopic (exact) mass is 329 g/mol. The van der Waals surface area contributed by atoms with E-state index in [2.05, 4.69) is 0 Å². The van der Waals surface area contributed by atoms with Gasteiger partial charge in [-0.05, 0) is 32.6 Å². The molecule has 2 aliphatic rings. The van der Waals surface area contributed by atoms with Crippen LogP contribution in [0.3, 0.4) is 0 Å². The lowest BCUT2D eigenvalue weighted by Crippen LogP contribution is -2.56. The summed E-state index contributed by atoms with van der Waals surface area (Å²) in [4.78, 5) is 25.3. The Morgan fingerprint density at radius 1 is 1.35 bits per heavy atom. The van der Waals surface area contributed by atoms with Crippen molar-refractivity contribution in [2.45, 2.75) is 70.0 Å². The number of hydrogen-bond donors (Lipinski definition) is 2. The third-order valence-corrected chi connectivity index (χ3v) is 5.08. The van der Waals surface area contributed by atoms with Crippen molar-refractivity contribution in [1.82, 2.24) is 4.90 Å². The number of aliphatic hydroxyl groups is 1. The van der Waals surface area contributed by atoms with E-state index in [0.29, 0.717) is 19.4 Å². The highest BCUT2D eigenvalue weighted by Crippen LogP contribution is 2.36. The summed E-state index contributed by atoms with van der Waals surface area (Å²) in [5.74, 6) is -3.21. The maximum absolute atomic E-state index is 12.6. The molecule has 0 aromatic rings. The van der Waals surface area contributed by atoms with Crippen molar-refractivity contribution >= 4 is 11.9 Å². The molecule has 0 aromatic heterocycles. The minimum absolute atomic E-state index is 0.123. The highest BCUT2D eigenvalue weighted by Gasteiger charge is 2.47. The molecule has 7 heteroatoms. The standard InChI is InChI=1S/C16H27NO6/c1-10-8-13(22-3)11(2)23-16(10,21)9-14(18)17-7-5-4-6-12(17)15(19)20/h10-13,21H,4-9H2,1-3H3,(H,19,20)/t10-,11?,12+,13+,16+/m1/s1. The molecule has 0 bridgehead atoms. The van der Waals surface area contributed by atoms with E-state index in [1.165, 1.54) is 4.90 Å². The summed E-state index contributed by atoms with van der Waals surface area (Å²) >= 11 is 0. The predicted octanol–water partition coefficient (Wildman–Crippen LogP) is 0.991. The van der Waals surface area contributed by atoms with Crippen molar-refractivity contribution in [2.75, 3.05) is 13.7 Å². The van der Waals surface area contributed by atoms with Gasteiger partial charge in [-0.1, -0.05) is 6.92 Å². The summed E-state index contributed by atoms with van der Waals surface area (Å²) in [5, 5.41) is 20.1. The van der Waals surface area contributed by atoms with Gasteiger partial charge in [0, 0.05) is 19.6 Å². The van der Waals surface area contributed by atoms with Gasteiger partial charge in [-0.2, -0.15) is 0 Å². The zero-order valence-corrected chi connectivity index (χ0v) is 14.0. The molecule has 2 aliphatic heterocycles. The van der Waals surface area contributed by atoms with Gasteiger partial charge in [0.2, 0.25) is 5.91 Å². The lowest BCUT2D eigenvalue weighted by atomic mass is 9.86. The molecule has 0 saturated carbocycles. The second-order valence-electron chi connectivity index (χ2n) is 6.69. The SMILES string of the molecule is CO[C@H]1C[C@@H](C)[C@](O)(CC(=O)N2CCCC[C@H]2C(=O)O)OC1C. The molecule has 0 aromatic carbocycles. The number of carboxylic acids is 1. The number of ether oxygens (including phenoxy) is 2. The van der Waals surface area contributed by atoms with Gasteiger partial charge in [-0.3, -0.25) is 4.79 Å². The molecule has 2 fully saturated rings. The highest BCUT2D eigenvalue weighted by atomic mass is 16.6. The Morgan fingerprint density at radius 2 is 2.04 bits per heavy atom. The molecule has 0 spiro atoms. The first-order chi connectivity index (χ1) is 10.8. The normalized spacial score (nSPS) is 38.3. The zero-order chi connectivity index (χ0) is 17.2. The summed E-state index contributed by atoms with van der Waals surface area (Å²) in [6.45, 7) is 4.03. The third kappa shape index (κ3) is 3.84. The quantitative estimate of drug-likeness (QED) is 0.798. The van der Waals surface area contributed by atoms with Crippen molar-refractivity contribution in [1.29, 1.82) is 0 Å². The van der Waals surface area contributed by atoms with Crippen LogP contribution in [0.1, 0.15) is 46.0 Å². The predicted molar refractivity (Wildman–Crippen MR) is 81.7 cm³/mol. The fraction of sp³-hybridized carbons (Fsp3) is 0.875. The number of likely N-dealkylation sites (tertiary alicyclic amines) is 1. The van der Waals surface area contributed by atoms with Crippen LogP contribution in [0.15, 0.2) is 0 Å². The largest absolute Gasteiger partial charge is 0.480 e. The Balaban J connectivity index is 2.07. The van der Waals surface area contributed by atoms with E-state index in [1.54, 1.807) is 14.0 Å². The first kappa shape index (κ1) is 18.2. The van der Waals surface area contributed by atoms with Gasteiger partial charge in [-0.15, -0.1) is 0 Å². The first-order valence-electron chi connectivity index (χ1n) is 8.23. The van der Waals surface area contributed by atoms with Crippen molar-refractivity contribution in [3.8, 4) is 0 Å². The molecule has 5 atom stereocenters. The number of nitrogens with zero attached hydrogens (tertiary/aromatic N) is 1. The summed E-state index contributed by atoms with van der Waals surface area (Å²) in [7, 11) is 1.60. The number of methoxy groups -OCH3 is 1.